The number of nitrogens with one attached hydrogen (secondary N) is 1. The van der Waals surface area contributed by atoms with Crippen LogP contribution in [0.5, 0.6) is 11.5 Å². The minimum atomic E-state index is -0.940. The van der Waals surface area contributed by atoms with Crippen molar-refractivity contribution in [3.63, 3.8) is 0 Å². The van der Waals surface area contributed by atoms with Crippen LogP contribution in [-0.2, 0) is 13.2 Å². The van der Waals surface area contributed by atoms with E-state index in [0.717, 1.165) is 16.8 Å². The summed E-state index contributed by atoms with van der Waals surface area (Å²) in [4.78, 5) is 15.3. The van der Waals surface area contributed by atoms with Crippen molar-refractivity contribution in [3.05, 3.63) is 82.1 Å². The van der Waals surface area contributed by atoms with Crippen LogP contribution in [0.2, 0.25) is 5.15 Å². The smallest absolute Gasteiger partial charge is 0.336 e. The first kappa shape index (κ1) is 20.5. The molecule has 0 amide bonds. The zero-order valence-electron chi connectivity index (χ0n) is 16.1. The molecular formula is C22H21ClN2O4. The molecule has 0 atom stereocenters. The zero-order valence-corrected chi connectivity index (χ0v) is 16.9. The first-order valence-electron chi connectivity index (χ1n) is 8.95. The third kappa shape index (κ3) is 5.18. The molecule has 3 rings (SSSR count). The van der Waals surface area contributed by atoms with Gasteiger partial charge in [0.1, 0.15) is 11.8 Å². The van der Waals surface area contributed by atoms with Crippen molar-refractivity contribution in [3.8, 4) is 11.5 Å². The number of aromatic nitrogens is 1. The van der Waals surface area contributed by atoms with E-state index in [1.165, 1.54) is 0 Å². The Labute approximate surface area is 174 Å². The second-order valence-electron chi connectivity index (χ2n) is 6.40. The molecule has 29 heavy (non-hydrogen) atoms. The van der Waals surface area contributed by atoms with Gasteiger partial charge in [0.25, 0.3) is 0 Å². The van der Waals surface area contributed by atoms with Crippen LogP contribution in [0, 0.1) is 6.92 Å². The fourth-order valence-corrected chi connectivity index (χ4v) is 2.96. The maximum atomic E-state index is 11.3. The maximum Gasteiger partial charge on any atom is 0.336 e. The number of nitrogens with zero attached hydrogens (tertiary/aromatic N) is 1. The van der Waals surface area contributed by atoms with Gasteiger partial charge >= 0.3 is 5.97 Å². The number of carbonyl (C=O) groups is 1. The summed E-state index contributed by atoms with van der Waals surface area (Å²) in [6.45, 7) is 2.65. The molecule has 0 saturated carbocycles. The second kappa shape index (κ2) is 9.30. The molecule has 2 N–H and O–H groups in total. The summed E-state index contributed by atoms with van der Waals surface area (Å²) in [6, 6.07) is 14.4. The van der Waals surface area contributed by atoms with E-state index in [4.69, 9.17) is 21.1 Å². The van der Waals surface area contributed by atoms with Gasteiger partial charge in [0.15, 0.2) is 11.5 Å². The Kier molecular flexibility index (Phi) is 6.57. The standard InChI is InChI=1S/C22H21ClN2O4/c1-14-17(22(26)27)4-3-5-18(14)24-11-15-6-8-19(20(10-15)28-2)29-13-16-7-9-21(23)25-12-16/h3-10,12,24H,11,13H2,1-2H3,(H,26,27). The molecule has 0 radical (unpaired) electrons. The molecule has 0 saturated heterocycles. The molecule has 0 aliphatic rings. The molecule has 0 bridgehead atoms. The number of hydrogen-bond acceptors (Lipinski definition) is 5. The lowest BCUT2D eigenvalue weighted by Gasteiger charge is -2.14. The summed E-state index contributed by atoms with van der Waals surface area (Å²) < 4.78 is 11.3. The molecular weight excluding hydrogens is 392 g/mol. The number of aromatic carboxylic acids is 1. The summed E-state index contributed by atoms with van der Waals surface area (Å²) in [6.07, 6.45) is 1.67. The average Bonchev–Trinajstić information content (AvgIpc) is 2.72. The number of rotatable bonds is 8. The summed E-state index contributed by atoms with van der Waals surface area (Å²) in [5.74, 6) is 0.294. The number of ether oxygens (including phenoxy) is 2. The third-order valence-electron chi connectivity index (χ3n) is 4.46. The number of hydrogen-bond donors (Lipinski definition) is 2. The monoisotopic (exact) mass is 412 g/mol. The van der Waals surface area contributed by atoms with Crippen molar-refractivity contribution in [2.45, 2.75) is 20.1 Å². The maximum absolute atomic E-state index is 11.3. The van der Waals surface area contributed by atoms with E-state index in [-0.39, 0.29) is 5.56 Å². The normalized spacial score (nSPS) is 10.4. The quantitative estimate of drug-likeness (QED) is 0.510. The van der Waals surface area contributed by atoms with Gasteiger partial charge in [0.2, 0.25) is 0 Å². The van der Waals surface area contributed by atoms with Crippen LogP contribution < -0.4 is 14.8 Å². The third-order valence-corrected chi connectivity index (χ3v) is 4.68. The van der Waals surface area contributed by atoms with Gasteiger partial charge in [-0.25, -0.2) is 9.78 Å². The SMILES string of the molecule is COc1cc(CNc2cccc(C(=O)O)c2C)ccc1OCc1ccc(Cl)nc1. The molecule has 150 valence electrons. The van der Waals surface area contributed by atoms with E-state index in [2.05, 4.69) is 10.3 Å². The number of pyridine rings is 1. The molecule has 0 spiro atoms. The van der Waals surface area contributed by atoms with Gasteiger partial charge in [-0.3, -0.25) is 0 Å². The predicted octanol–water partition coefficient (Wildman–Crippen LogP) is 4.94. The number of anilines is 1. The molecule has 0 fully saturated rings. The minimum absolute atomic E-state index is 0.285. The fourth-order valence-electron chi connectivity index (χ4n) is 2.85. The highest BCUT2D eigenvalue weighted by Gasteiger charge is 2.11. The summed E-state index contributed by atoms with van der Waals surface area (Å²) in [5, 5.41) is 13.0. The zero-order chi connectivity index (χ0) is 20.8. The largest absolute Gasteiger partial charge is 0.493 e. The van der Waals surface area contributed by atoms with Crippen LogP contribution in [-0.4, -0.2) is 23.2 Å². The number of halogens is 1. The van der Waals surface area contributed by atoms with E-state index in [1.54, 1.807) is 38.4 Å². The summed E-state index contributed by atoms with van der Waals surface area (Å²) in [7, 11) is 1.59. The average molecular weight is 413 g/mol. The first-order valence-corrected chi connectivity index (χ1v) is 9.32. The van der Waals surface area contributed by atoms with Crippen LogP contribution in [0.1, 0.15) is 27.0 Å². The van der Waals surface area contributed by atoms with Crippen molar-refractivity contribution < 1.29 is 19.4 Å². The lowest BCUT2D eigenvalue weighted by molar-refractivity contribution is 0.0696. The first-order chi connectivity index (χ1) is 14.0. The van der Waals surface area contributed by atoms with Crippen LogP contribution in [0.3, 0.4) is 0 Å². The van der Waals surface area contributed by atoms with E-state index >= 15 is 0 Å². The summed E-state index contributed by atoms with van der Waals surface area (Å²) >= 11 is 5.79. The highest BCUT2D eigenvalue weighted by Crippen LogP contribution is 2.29. The van der Waals surface area contributed by atoms with Gasteiger partial charge in [-0.15, -0.1) is 0 Å². The summed E-state index contributed by atoms with van der Waals surface area (Å²) in [5.41, 5.74) is 3.63. The van der Waals surface area contributed by atoms with Crippen molar-refractivity contribution in [1.82, 2.24) is 4.98 Å². The Morgan fingerprint density at radius 3 is 2.62 bits per heavy atom. The molecule has 2 aromatic carbocycles. The predicted molar refractivity (Wildman–Crippen MR) is 112 cm³/mol. The van der Waals surface area contributed by atoms with Gasteiger partial charge in [-0.1, -0.05) is 29.8 Å². The number of benzene rings is 2. The molecule has 3 aromatic rings. The van der Waals surface area contributed by atoms with Crippen LogP contribution in [0.15, 0.2) is 54.7 Å². The molecule has 0 aliphatic carbocycles. The lowest BCUT2D eigenvalue weighted by Crippen LogP contribution is -2.06. The number of carboxylic acids is 1. The molecule has 0 aliphatic heterocycles. The lowest BCUT2D eigenvalue weighted by atomic mass is 10.1. The Bertz CT molecular complexity index is 1010. The number of methoxy groups -OCH3 is 1. The van der Waals surface area contributed by atoms with Crippen molar-refractivity contribution in [1.29, 1.82) is 0 Å². The van der Waals surface area contributed by atoms with Crippen molar-refractivity contribution in [2.75, 3.05) is 12.4 Å². The van der Waals surface area contributed by atoms with E-state index < -0.39 is 5.97 Å². The topological polar surface area (TPSA) is 80.7 Å². The van der Waals surface area contributed by atoms with Crippen LogP contribution in [0.25, 0.3) is 0 Å². The minimum Gasteiger partial charge on any atom is -0.493 e. The Morgan fingerprint density at radius 1 is 1.14 bits per heavy atom. The van der Waals surface area contributed by atoms with Gasteiger partial charge in [-0.05, 0) is 48.4 Å². The Balaban J connectivity index is 1.68. The van der Waals surface area contributed by atoms with E-state index in [9.17, 15) is 9.90 Å². The second-order valence-corrected chi connectivity index (χ2v) is 6.79. The number of carboxylic acid groups (broad SMARTS) is 1. The molecule has 0 unspecified atom stereocenters. The molecule has 6 nitrogen and oxygen atoms in total. The van der Waals surface area contributed by atoms with Crippen molar-refractivity contribution in [2.24, 2.45) is 0 Å². The fraction of sp³-hybridized carbons (Fsp3) is 0.182. The Morgan fingerprint density at radius 2 is 1.93 bits per heavy atom. The molecule has 1 aromatic heterocycles. The highest BCUT2D eigenvalue weighted by molar-refractivity contribution is 6.29. The highest BCUT2D eigenvalue weighted by atomic mass is 35.5. The molecule has 1 heterocycles. The van der Waals surface area contributed by atoms with Crippen molar-refractivity contribution >= 4 is 23.3 Å². The van der Waals surface area contributed by atoms with Crippen LogP contribution in [0.4, 0.5) is 5.69 Å². The van der Waals surface area contributed by atoms with Gasteiger partial charge in [0.05, 0.1) is 12.7 Å². The van der Waals surface area contributed by atoms with Crippen LogP contribution >= 0.6 is 11.6 Å². The van der Waals surface area contributed by atoms with E-state index in [1.807, 2.05) is 30.3 Å². The Hall–Kier alpha value is -3.25. The van der Waals surface area contributed by atoms with Gasteiger partial charge < -0.3 is 19.9 Å². The van der Waals surface area contributed by atoms with Gasteiger partial charge in [0, 0.05) is 24.0 Å². The van der Waals surface area contributed by atoms with Gasteiger partial charge in [-0.2, -0.15) is 0 Å². The van der Waals surface area contributed by atoms with E-state index in [0.29, 0.717) is 35.4 Å². The molecule has 7 heteroatoms.